The molecule has 0 saturated heterocycles. The number of ether oxygens (including phenoxy) is 2. The normalized spacial score (nSPS) is 21.8. The van der Waals surface area contributed by atoms with Crippen LogP contribution < -0.4 is 4.74 Å². The van der Waals surface area contributed by atoms with Crippen molar-refractivity contribution in [1.82, 2.24) is 0 Å². The maximum Gasteiger partial charge on any atom is 0.166 e. The molecule has 208 valence electrons. The fourth-order valence-corrected chi connectivity index (χ4v) is 5.91. The highest BCUT2D eigenvalue weighted by Gasteiger charge is 2.26. The molecule has 0 spiro atoms. The predicted octanol–water partition coefficient (Wildman–Crippen LogP) is 9.55. The van der Waals surface area contributed by atoms with Gasteiger partial charge in [0.05, 0.1) is 12.7 Å². The topological polar surface area (TPSA) is 18.5 Å². The van der Waals surface area contributed by atoms with Gasteiger partial charge in [-0.2, -0.15) is 0 Å². The van der Waals surface area contributed by atoms with Gasteiger partial charge in [0, 0.05) is 18.2 Å². The molecule has 0 aromatic heterocycles. The van der Waals surface area contributed by atoms with E-state index in [2.05, 4.69) is 13.8 Å². The van der Waals surface area contributed by atoms with E-state index in [9.17, 15) is 8.78 Å². The van der Waals surface area contributed by atoms with E-state index >= 15 is 4.39 Å². The molecular weight excluding hydrogens is 485 g/mol. The lowest BCUT2D eigenvalue weighted by molar-refractivity contribution is 0.0488. The van der Waals surface area contributed by atoms with Gasteiger partial charge in [0.2, 0.25) is 0 Å². The van der Waals surface area contributed by atoms with Crippen LogP contribution in [0.1, 0.15) is 107 Å². The Kier molecular flexibility index (Phi) is 10.7. The minimum atomic E-state index is -0.719. The van der Waals surface area contributed by atoms with Crippen LogP contribution in [0.3, 0.4) is 0 Å². The maximum absolute atomic E-state index is 15.0. The standard InChI is InChI=1S/C33H43F3O2/c1-3-5-21-38-28-17-19-29(31(34)22-28)24-9-6-23(7-10-24)8-11-26-14-18-30(33(36)32(26)35)25-12-15-27(16-13-25)37-20-4-2/h12,14,17-19,22-24,27H,3-11,13,15-16,20-21H2,1-2H3. The van der Waals surface area contributed by atoms with Crippen molar-refractivity contribution < 1.29 is 22.6 Å². The molecule has 2 nitrogen and oxygen atoms in total. The summed E-state index contributed by atoms with van der Waals surface area (Å²) in [5.74, 6) is -0.349. The molecule has 0 heterocycles. The molecule has 1 unspecified atom stereocenters. The largest absolute Gasteiger partial charge is 0.493 e. The smallest absolute Gasteiger partial charge is 0.166 e. The summed E-state index contributed by atoms with van der Waals surface area (Å²) in [6.07, 6.45) is 12.7. The van der Waals surface area contributed by atoms with Crippen LogP contribution in [-0.4, -0.2) is 19.3 Å². The average Bonchev–Trinajstić information content (AvgIpc) is 2.94. The second-order valence-electron chi connectivity index (χ2n) is 11.0. The molecule has 1 fully saturated rings. The Morgan fingerprint density at radius 3 is 2.37 bits per heavy atom. The van der Waals surface area contributed by atoms with E-state index in [1.807, 2.05) is 18.2 Å². The van der Waals surface area contributed by atoms with Crippen LogP contribution in [0, 0.1) is 23.4 Å². The minimum Gasteiger partial charge on any atom is -0.493 e. The van der Waals surface area contributed by atoms with Gasteiger partial charge < -0.3 is 9.47 Å². The number of aryl methyl sites for hydroxylation is 1. The van der Waals surface area contributed by atoms with Crippen LogP contribution in [0.4, 0.5) is 13.2 Å². The monoisotopic (exact) mass is 528 g/mol. The van der Waals surface area contributed by atoms with Gasteiger partial charge in [0.25, 0.3) is 0 Å². The Morgan fingerprint density at radius 2 is 1.68 bits per heavy atom. The number of halogens is 3. The van der Waals surface area contributed by atoms with Crippen molar-refractivity contribution in [3.05, 3.63) is 70.5 Å². The summed E-state index contributed by atoms with van der Waals surface area (Å²) in [6.45, 7) is 5.54. The Balaban J connectivity index is 1.27. The van der Waals surface area contributed by atoms with Crippen molar-refractivity contribution in [3.63, 3.8) is 0 Å². The molecule has 0 bridgehead atoms. The van der Waals surface area contributed by atoms with Gasteiger partial charge in [-0.25, -0.2) is 13.2 Å². The fourth-order valence-electron chi connectivity index (χ4n) is 5.91. The summed E-state index contributed by atoms with van der Waals surface area (Å²) >= 11 is 0. The van der Waals surface area contributed by atoms with Crippen LogP contribution in [0.15, 0.2) is 36.4 Å². The molecule has 2 aliphatic rings. The van der Waals surface area contributed by atoms with Crippen molar-refractivity contribution in [2.45, 2.75) is 103 Å². The summed E-state index contributed by atoms with van der Waals surface area (Å²) in [5.41, 5.74) is 2.51. The summed E-state index contributed by atoms with van der Waals surface area (Å²) in [6, 6.07) is 8.78. The highest BCUT2D eigenvalue weighted by atomic mass is 19.2. The average molecular weight is 529 g/mol. The summed E-state index contributed by atoms with van der Waals surface area (Å²) in [7, 11) is 0. The first-order chi connectivity index (χ1) is 18.5. The van der Waals surface area contributed by atoms with Crippen LogP contribution in [0.5, 0.6) is 5.75 Å². The Hall–Kier alpha value is -2.27. The maximum atomic E-state index is 15.0. The lowest BCUT2D eigenvalue weighted by atomic mass is 9.76. The van der Waals surface area contributed by atoms with Gasteiger partial charge in [-0.1, -0.05) is 44.5 Å². The third-order valence-electron chi connectivity index (χ3n) is 8.28. The predicted molar refractivity (Wildman–Crippen MR) is 148 cm³/mol. The number of rotatable bonds is 12. The zero-order valence-electron chi connectivity index (χ0n) is 23.0. The van der Waals surface area contributed by atoms with Crippen molar-refractivity contribution in [3.8, 4) is 5.75 Å². The van der Waals surface area contributed by atoms with E-state index < -0.39 is 11.6 Å². The third-order valence-corrected chi connectivity index (χ3v) is 8.28. The first kappa shape index (κ1) is 28.7. The molecule has 1 atom stereocenters. The van der Waals surface area contributed by atoms with Gasteiger partial charge in [0.15, 0.2) is 11.6 Å². The van der Waals surface area contributed by atoms with Gasteiger partial charge in [-0.3, -0.25) is 0 Å². The molecule has 0 aliphatic heterocycles. The molecule has 5 heteroatoms. The molecule has 4 rings (SSSR count). The van der Waals surface area contributed by atoms with Crippen LogP contribution >= 0.6 is 0 Å². The van der Waals surface area contributed by atoms with Crippen LogP contribution in [-0.2, 0) is 11.2 Å². The van der Waals surface area contributed by atoms with E-state index in [0.29, 0.717) is 42.2 Å². The summed E-state index contributed by atoms with van der Waals surface area (Å²) in [4.78, 5) is 0. The lowest BCUT2D eigenvalue weighted by Gasteiger charge is -2.29. The first-order valence-corrected chi connectivity index (χ1v) is 14.7. The Bertz CT molecular complexity index is 1070. The van der Waals surface area contributed by atoms with Gasteiger partial charge in [-0.05, 0) is 105 Å². The number of hydrogen-bond acceptors (Lipinski definition) is 2. The van der Waals surface area contributed by atoms with Crippen LogP contribution in [0.25, 0.3) is 5.57 Å². The highest BCUT2D eigenvalue weighted by Crippen LogP contribution is 2.39. The number of unbranched alkanes of at least 4 members (excludes halogenated alkanes) is 1. The third kappa shape index (κ3) is 7.43. The van der Waals surface area contributed by atoms with E-state index in [1.54, 1.807) is 12.1 Å². The van der Waals surface area contributed by atoms with E-state index in [4.69, 9.17) is 9.47 Å². The molecule has 2 aromatic carbocycles. The van der Waals surface area contributed by atoms with E-state index in [0.717, 1.165) is 82.0 Å². The molecule has 38 heavy (non-hydrogen) atoms. The number of allylic oxidation sites excluding steroid dienone is 1. The zero-order chi connectivity index (χ0) is 26.9. The Morgan fingerprint density at radius 1 is 0.868 bits per heavy atom. The number of benzene rings is 2. The molecule has 0 amide bonds. The molecule has 1 saturated carbocycles. The van der Waals surface area contributed by atoms with Crippen molar-refractivity contribution in [2.24, 2.45) is 5.92 Å². The lowest BCUT2D eigenvalue weighted by Crippen LogP contribution is -2.17. The van der Waals surface area contributed by atoms with Crippen LogP contribution in [0.2, 0.25) is 0 Å². The minimum absolute atomic E-state index is 0.182. The van der Waals surface area contributed by atoms with Crippen molar-refractivity contribution in [2.75, 3.05) is 13.2 Å². The first-order valence-electron chi connectivity index (χ1n) is 14.7. The van der Waals surface area contributed by atoms with Gasteiger partial charge in [-0.15, -0.1) is 0 Å². The van der Waals surface area contributed by atoms with Gasteiger partial charge in [0.1, 0.15) is 11.6 Å². The second kappa shape index (κ2) is 14.2. The Labute approximate surface area is 226 Å². The van der Waals surface area contributed by atoms with E-state index in [-0.39, 0.29) is 17.8 Å². The summed E-state index contributed by atoms with van der Waals surface area (Å²) in [5, 5.41) is 0. The van der Waals surface area contributed by atoms with E-state index in [1.165, 1.54) is 6.07 Å². The summed E-state index contributed by atoms with van der Waals surface area (Å²) < 4.78 is 56.2. The molecular formula is C33H43F3O2. The molecule has 0 N–H and O–H groups in total. The second-order valence-corrected chi connectivity index (χ2v) is 11.0. The fraction of sp³-hybridized carbons (Fsp3) is 0.576. The quantitative estimate of drug-likeness (QED) is 0.255. The van der Waals surface area contributed by atoms with Crippen molar-refractivity contribution in [1.29, 1.82) is 0 Å². The highest BCUT2D eigenvalue weighted by molar-refractivity contribution is 5.67. The molecule has 2 aliphatic carbocycles. The zero-order valence-corrected chi connectivity index (χ0v) is 23.0. The molecule has 2 aromatic rings. The van der Waals surface area contributed by atoms with Gasteiger partial charge >= 0.3 is 0 Å². The van der Waals surface area contributed by atoms with Crippen molar-refractivity contribution >= 4 is 5.57 Å². The molecule has 0 radical (unpaired) electrons. The number of hydrogen-bond donors (Lipinski definition) is 0. The SMILES string of the molecule is CCCCOc1ccc(C2CCC(CCc3ccc(C4=CCC(OCCC)CC4)c(F)c3F)CC2)c(F)c1.